The van der Waals surface area contributed by atoms with Crippen LogP contribution in [0.3, 0.4) is 0 Å². The second kappa shape index (κ2) is 7.28. The van der Waals surface area contributed by atoms with Crippen molar-refractivity contribution in [2.75, 3.05) is 13.2 Å². The number of allylic oxidation sites excluding steroid dienone is 1. The van der Waals surface area contributed by atoms with Crippen LogP contribution in [0.25, 0.3) is 0 Å². The highest BCUT2D eigenvalue weighted by molar-refractivity contribution is 5.74. The van der Waals surface area contributed by atoms with E-state index in [1.165, 1.54) is 24.8 Å². The average molecular weight is 226 g/mol. The first-order valence-electron chi connectivity index (χ1n) is 6.05. The molecule has 1 aliphatic rings. The first-order valence-corrected chi connectivity index (χ1v) is 6.05. The molecule has 0 radical (unpaired) electrons. The van der Waals surface area contributed by atoms with E-state index < -0.39 is 0 Å². The number of carbonyl (C=O) groups is 1. The standard InChI is InChI=1S/C12H22N2O2/c1-10(7-9-15)14-12(16)13-8-6-11-4-2-3-5-11/h4,10,15H,2-3,5-9H2,1H3,(H2,13,14,16)/t10-/m1/s1. The van der Waals surface area contributed by atoms with Gasteiger partial charge in [0.2, 0.25) is 0 Å². The molecule has 1 aliphatic carbocycles. The third-order valence-corrected chi connectivity index (χ3v) is 2.81. The van der Waals surface area contributed by atoms with Crippen molar-refractivity contribution in [3.8, 4) is 0 Å². The van der Waals surface area contributed by atoms with Gasteiger partial charge in [0, 0.05) is 19.2 Å². The lowest BCUT2D eigenvalue weighted by Crippen LogP contribution is -2.41. The summed E-state index contributed by atoms with van der Waals surface area (Å²) in [6.45, 7) is 2.69. The summed E-state index contributed by atoms with van der Waals surface area (Å²) < 4.78 is 0. The molecule has 0 aromatic carbocycles. The molecule has 92 valence electrons. The molecular formula is C12H22N2O2. The fourth-order valence-electron chi connectivity index (χ4n) is 1.84. The van der Waals surface area contributed by atoms with Crippen molar-refractivity contribution in [3.63, 3.8) is 0 Å². The Hall–Kier alpha value is -1.03. The largest absolute Gasteiger partial charge is 0.396 e. The summed E-state index contributed by atoms with van der Waals surface area (Å²) in [5.41, 5.74) is 1.46. The fraction of sp³-hybridized carbons (Fsp3) is 0.750. The van der Waals surface area contributed by atoms with E-state index in [1.807, 2.05) is 6.92 Å². The Morgan fingerprint density at radius 3 is 3.06 bits per heavy atom. The van der Waals surface area contributed by atoms with Gasteiger partial charge in [-0.05, 0) is 39.0 Å². The van der Waals surface area contributed by atoms with Gasteiger partial charge < -0.3 is 15.7 Å². The molecule has 4 heteroatoms. The minimum absolute atomic E-state index is 0.0238. The third kappa shape index (κ3) is 5.16. The van der Waals surface area contributed by atoms with Crippen LogP contribution >= 0.6 is 0 Å². The summed E-state index contributed by atoms with van der Waals surface area (Å²) in [5, 5.41) is 14.3. The minimum Gasteiger partial charge on any atom is -0.396 e. The maximum atomic E-state index is 11.4. The van der Waals surface area contributed by atoms with Crippen LogP contribution < -0.4 is 10.6 Å². The molecule has 0 bridgehead atoms. The van der Waals surface area contributed by atoms with Crippen LogP contribution in [0.5, 0.6) is 0 Å². The van der Waals surface area contributed by atoms with Gasteiger partial charge in [-0.15, -0.1) is 0 Å². The molecule has 0 fully saturated rings. The summed E-state index contributed by atoms with van der Waals surface area (Å²) in [5.74, 6) is 0. The Morgan fingerprint density at radius 2 is 2.44 bits per heavy atom. The molecule has 0 spiro atoms. The predicted molar refractivity (Wildman–Crippen MR) is 64.3 cm³/mol. The molecule has 3 N–H and O–H groups in total. The second-order valence-corrected chi connectivity index (χ2v) is 4.32. The highest BCUT2D eigenvalue weighted by Gasteiger charge is 2.07. The Balaban J connectivity index is 2.05. The van der Waals surface area contributed by atoms with Crippen LogP contribution in [-0.2, 0) is 0 Å². The molecule has 1 atom stereocenters. The van der Waals surface area contributed by atoms with Gasteiger partial charge in [-0.3, -0.25) is 0 Å². The summed E-state index contributed by atoms with van der Waals surface area (Å²) in [7, 11) is 0. The number of carbonyl (C=O) groups excluding carboxylic acids is 1. The molecule has 0 aliphatic heterocycles. The van der Waals surface area contributed by atoms with E-state index in [0.717, 1.165) is 6.42 Å². The van der Waals surface area contributed by atoms with Gasteiger partial charge in [-0.1, -0.05) is 11.6 Å². The number of rotatable bonds is 6. The summed E-state index contributed by atoms with van der Waals surface area (Å²) in [6.07, 6.45) is 7.46. The summed E-state index contributed by atoms with van der Waals surface area (Å²) in [6, 6.07) is -0.116. The molecule has 0 saturated carbocycles. The van der Waals surface area contributed by atoms with E-state index >= 15 is 0 Å². The quantitative estimate of drug-likeness (QED) is 0.602. The lowest BCUT2D eigenvalue weighted by molar-refractivity contribution is 0.231. The smallest absolute Gasteiger partial charge is 0.315 e. The van der Waals surface area contributed by atoms with Crippen molar-refractivity contribution in [1.29, 1.82) is 0 Å². The predicted octanol–water partition coefficient (Wildman–Crippen LogP) is 1.56. The van der Waals surface area contributed by atoms with Crippen LogP contribution in [-0.4, -0.2) is 30.3 Å². The first-order chi connectivity index (χ1) is 7.72. The van der Waals surface area contributed by atoms with Gasteiger partial charge in [-0.25, -0.2) is 4.79 Å². The monoisotopic (exact) mass is 226 g/mol. The van der Waals surface area contributed by atoms with Gasteiger partial charge in [0.25, 0.3) is 0 Å². The molecule has 0 heterocycles. The summed E-state index contributed by atoms with van der Waals surface area (Å²) in [4.78, 5) is 11.4. The van der Waals surface area contributed by atoms with Crippen LogP contribution in [0.2, 0.25) is 0 Å². The molecule has 0 aromatic rings. The van der Waals surface area contributed by atoms with Crippen molar-refractivity contribution >= 4 is 6.03 Å². The Bertz CT molecular complexity index is 251. The molecule has 16 heavy (non-hydrogen) atoms. The Labute approximate surface area is 97.1 Å². The molecule has 1 rings (SSSR count). The van der Waals surface area contributed by atoms with E-state index in [-0.39, 0.29) is 18.7 Å². The lowest BCUT2D eigenvalue weighted by Gasteiger charge is -2.13. The van der Waals surface area contributed by atoms with E-state index in [2.05, 4.69) is 16.7 Å². The minimum atomic E-state index is -0.139. The Morgan fingerprint density at radius 1 is 1.62 bits per heavy atom. The summed E-state index contributed by atoms with van der Waals surface area (Å²) >= 11 is 0. The van der Waals surface area contributed by atoms with Crippen LogP contribution in [0.4, 0.5) is 4.79 Å². The molecule has 0 saturated heterocycles. The van der Waals surface area contributed by atoms with Gasteiger partial charge >= 0.3 is 6.03 Å². The number of aliphatic hydroxyl groups excluding tert-OH is 1. The van der Waals surface area contributed by atoms with Crippen LogP contribution in [0.1, 0.15) is 39.0 Å². The van der Waals surface area contributed by atoms with E-state index in [1.54, 1.807) is 0 Å². The highest BCUT2D eigenvalue weighted by Crippen LogP contribution is 2.19. The lowest BCUT2D eigenvalue weighted by atomic mass is 10.2. The highest BCUT2D eigenvalue weighted by atomic mass is 16.3. The van der Waals surface area contributed by atoms with Crippen molar-refractivity contribution in [1.82, 2.24) is 10.6 Å². The maximum absolute atomic E-state index is 11.4. The zero-order valence-electron chi connectivity index (χ0n) is 9.96. The number of amides is 2. The van der Waals surface area contributed by atoms with Crippen LogP contribution in [0, 0.1) is 0 Å². The fourth-order valence-corrected chi connectivity index (χ4v) is 1.84. The van der Waals surface area contributed by atoms with Gasteiger partial charge in [0.15, 0.2) is 0 Å². The number of nitrogens with one attached hydrogen (secondary N) is 2. The van der Waals surface area contributed by atoms with E-state index in [0.29, 0.717) is 13.0 Å². The number of urea groups is 1. The molecule has 0 unspecified atom stereocenters. The zero-order valence-corrected chi connectivity index (χ0v) is 9.96. The molecular weight excluding hydrogens is 204 g/mol. The zero-order chi connectivity index (χ0) is 11.8. The van der Waals surface area contributed by atoms with Gasteiger partial charge in [-0.2, -0.15) is 0 Å². The number of hydrogen-bond donors (Lipinski definition) is 3. The SMILES string of the molecule is C[C@H](CCO)NC(=O)NCCC1=CCCC1. The average Bonchev–Trinajstić information content (AvgIpc) is 2.70. The normalized spacial score (nSPS) is 16.8. The third-order valence-electron chi connectivity index (χ3n) is 2.81. The van der Waals surface area contributed by atoms with Gasteiger partial charge in [0.05, 0.1) is 0 Å². The Kier molecular flexibility index (Phi) is 5.93. The van der Waals surface area contributed by atoms with E-state index in [9.17, 15) is 4.79 Å². The topological polar surface area (TPSA) is 61.4 Å². The van der Waals surface area contributed by atoms with Crippen molar-refractivity contribution in [2.45, 2.75) is 45.1 Å². The molecule has 0 aromatic heterocycles. The molecule has 4 nitrogen and oxygen atoms in total. The number of hydrogen-bond acceptors (Lipinski definition) is 2. The first kappa shape index (κ1) is 13.0. The number of aliphatic hydroxyl groups is 1. The van der Waals surface area contributed by atoms with Gasteiger partial charge in [0.1, 0.15) is 0 Å². The second-order valence-electron chi connectivity index (χ2n) is 4.32. The van der Waals surface area contributed by atoms with E-state index in [4.69, 9.17) is 5.11 Å². The maximum Gasteiger partial charge on any atom is 0.315 e. The van der Waals surface area contributed by atoms with Crippen molar-refractivity contribution in [3.05, 3.63) is 11.6 Å². The van der Waals surface area contributed by atoms with Crippen LogP contribution in [0.15, 0.2) is 11.6 Å². The van der Waals surface area contributed by atoms with Crippen molar-refractivity contribution in [2.24, 2.45) is 0 Å². The van der Waals surface area contributed by atoms with Crippen molar-refractivity contribution < 1.29 is 9.90 Å². The molecule has 2 amide bonds.